The van der Waals surface area contributed by atoms with E-state index < -0.39 is 17.3 Å². The Kier molecular flexibility index (Phi) is 5.87. The Balaban J connectivity index is 1.55. The van der Waals surface area contributed by atoms with Gasteiger partial charge in [0.2, 0.25) is 5.91 Å². The van der Waals surface area contributed by atoms with E-state index in [0.717, 1.165) is 5.56 Å². The second-order valence-corrected chi connectivity index (χ2v) is 9.95. The zero-order valence-corrected chi connectivity index (χ0v) is 20.3. The summed E-state index contributed by atoms with van der Waals surface area (Å²) in [5.41, 5.74) is 1.39. The van der Waals surface area contributed by atoms with Crippen molar-refractivity contribution in [2.45, 2.75) is 38.3 Å². The Morgan fingerprint density at radius 2 is 1.74 bits per heavy atom. The zero-order chi connectivity index (χ0) is 24.9. The number of halogens is 1. The monoisotopic (exact) mass is 479 g/mol. The van der Waals surface area contributed by atoms with Gasteiger partial charge in [0, 0.05) is 43.3 Å². The highest BCUT2D eigenvalue weighted by atomic mass is 19.1. The lowest BCUT2D eigenvalue weighted by Crippen LogP contribution is -2.78. The number of hydrogen-bond donors (Lipinski definition) is 0. The fourth-order valence-corrected chi connectivity index (χ4v) is 5.91. The number of fused-ring (bicyclic) bond motifs is 1. The van der Waals surface area contributed by atoms with Gasteiger partial charge in [0.15, 0.2) is 0 Å². The topological polar surface area (TPSA) is 70.2 Å². The molecule has 3 aliphatic heterocycles. The molecule has 7 nitrogen and oxygen atoms in total. The van der Waals surface area contributed by atoms with Crippen LogP contribution in [0.5, 0.6) is 0 Å². The second-order valence-electron chi connectivity index (χ2n) is 9.95. The minimum absolute atomic E-state index is 0.0380. The largest absolute Gasteiger partial charge is 0.378 e. The minimum atomic E-state index is -0.849. The van der Waals surface area contributed by atoms with Gasteiger partial charge in [0.25, 0.3) is 11.8 Å². The number of benzene rings is 2. The van der Waals surface area contributed by atoms with Crippen LogP contribution in [0.25, 0.3) is 0 Å². The summed E-state index contributed by atoms with van der Waals surface area (Å²) in [6.07, 6.45) is 0. The first-order valence-electron chi connectivity index (χ1n) is 12.1. The average molecular weight is 480 g/mol. The van der Waals surface area contributed by atoms with Crippen LogP contribution in [0.15, 0.2) is 42.5 Å². The molecule has 0 bridgehead atoms. The second kappa shape index (κ2) is 8.75. The van der Waals surface area contributed by atoms with Gasteiger partial charge in [-0.15, -0.1) is 0 Å². The Morgan fingerprint density at radius 3 is 2.40 bits per heavy atom. The predicted octanol–water partition coefficient (Wildman–Crippen LogP) is 2.84. The molecular formula is C27H30FN3O4. The van der Waals surface area contributed by atoms with Gasteiger partial charge < -0.3 is 19.4 Å². The maximum absolute atomic E-state index is 14.0. The van der Waals surface area contributed by atoms with E-state index in [9.17, 15) is 18.8 Å². The number of rotatable bonds is 3. The average Bonchev–Trinajstić information content (AvgIpc) is 2.82. The number of carbonyl (C=O) groups excluding carboxylic acids is 3. The van der Waals surface area contributed by atoms with E-state index >= 15 is 0 Å². The van der Waals surface area contributed by atoms with Crippen LogP contribution in [0, 0.1) is 12.7 Å². The van der Waals surface area contributed by atoms with Crippen molar-refractivity contribution in [1.29, 1.82) is 0 Å². The van der Waals surface area contributed by atoms with Crippen molar-refractivity contribution in [1.82, 2.24) is 14.7 Å². The molecule has 5 rings (SSSR count). The summed E-state index contributed by atoms with van der Waals surface area (Å²) in [6.45, 7) is 8.03. The van der Waals surface area contributed by atoms with E-state index in [2.05, 4.69) is 0 Å². The Labute approximate surface area is 204 Å². The van der Waals surface area contributed by atoms with Gasteiger partial charge in [-0.3, -0.25) is 14.4 Å². The van der Waals surface area contributed by atoms with Gasteiger partial charge in [0.1, 0.15) is 5.82 Å². The summed E-state index contributed by atoms with van der Waals surface area (Å²) in [5.74, 6) is -1.36. The number of nitrogens with zero attached hydrogens (tertiary/aromatic N) is 3. The SMILES string of the molecule is Cc1cc(F)ccc1C(=O)N1CC2(C1)C(C(=O)N1CCOCC1)c1ccccc1C(=O)N2C(C)C. The normalized spacial score (nSPS) is 21.2. The maximum Gasteiger partial charge on any atom is 0.255 e. The van der Waals surface area contributed by atoms with Crippen molar-refractivity contribution in [3.05, 3.63) is 70.5 Å². The summed E-state index contributed by atoms with van der Waals surface area (Å²) in [7, 11) is 0. The summed E-state index contributed by atoms with van der Waals surface area (Å²) in [6, 6.07) is 11.3. The highest BCUT2D eigenvalue weighted by molar-refractivity contribution is 6.03. The Morgan fingerprint density at radius 1 is 1.06 bits per heavy atom. The molecule has 2 fully saturated rings. The first-order chi connectivity index (χ1) is 16.7. The molecule has 0 radical (unpaired) electrons. The third-order valence-corrected chi connectivity index (χ3v) is 7.46. The van der Waals surface area contributed by atoms with Crippen molar-refractivity contribution < 1.29 is 23.5 Å². The summed E-state index contributed by atoms with van der Waals surface area (Å²) in [5, 5.41) is 0. The number of morpholine rings is 1. The predicted molar refractivity (Wildman–Crippen MR) is 128 cm³/mol. The van der Waals surface area contributed by atoms with E-state index in [-0.39, 0.29) is 36.9 Å². The molecule has 1 atom stereocenters. The smallest absolute Gasteiger partial charge is 0.255 e. The lowest BCUT2D eigenvalue weighted by atomic mass is 9.66. The number of aryl methyl sites for hydroxylation is 1. The van der Waals surface area contributed by atoms with Crippen LogP contribution in [0.3, 0.4) is 0 Å². The maximum atomic E-state index is 14.0. The van der Waals surface area contributed by atoms with Crippen LogP contribution in [-0.2, 0) is 9.53 Å². The number of carbonyl (C=O) groups is 3. The summed E-state index contributed by atoms with van der Waals surface area (Å²) < 4.78 is 19.1. The quantitative estimate of drug-likeness (QED) is 0.679. The van der Waals surface area contributed by atoms with E-state index in [1.165, 1.54) is 18.2 Å². The molecule has 2 aromatic rings. The number of ether oxygens (including phenoxy) is 1. The van der Waals surface area contributed by atoms with E-state index in [4.69, 9.17) is 4.74 Å². The highest BCUT2D eigenvalue weighted by Crippen LogP contribution is 2.48. The number of hydrogen-bond acceptors (Lipinski definition) is 4. The summed E-state index contributed by atoms with van der Waals surface area (Å²) in [4.78, 5) is 46.3. The molecular weight excluding hydrogens is 449 g/mol. The lowest BCUT2D eigenvalue weighted by molar-refractivity contribution is -0.146. The first kappa shape index (κ1) is 23.5. The van der Waals surface area contributed by atoms with Crippen molar-refractivity contribution >= 4 is 17.7 Å². The van der Waals surface area contributed by atoms with Crippen LogP contribution in [0.2, 0.25) is 0 Å². The Bertz CT molecular complexity index is 1180. The highest BCUT2D eigenvalue weighted by Gasteiger charge is 2.62. The van der Waals surface area contributed by atoms with Crippen LogP contribution >= 0.6 is 0 Å². The third kappa shape index (κ3) is 3.71. The zero-order valence-electron chi connectivity index (χ0n) is 20.3. The van der Waals surface area contributed by atoms with Crippen molar-refractivity contribution in [3.8, 4) is 0 Å². The molecule has 35 heavy (non-hydrogen) atoms. The van der Waals surface area contributed by atoms with Crippen molar-refractivity contribution in [2.24, 2.45) is 0 Å². The first-order valence-corrected chi connectivity index (χ1v) is 12.1. The molecule has 0 aliphatic carbocycles. The lowest BCUT2D eigenvalue weighted by Gasteiger charge is -2.62. The molecule has 0 saturated carbocycles. The molecule has 0 N–H and O–H groups in total. The number of amides is 3. The third-order valence-electron chi connectivity index (χ3n) is 7.46. The van der Waals surface area contributed by atoms with Gasteiger partial charge in [-0.05, 0) is 56.2 Å². The molecule has 0 aromatic heterocycles. The van der Waals surface area contributed by atoms with Crippen LogP contribution in [-0.4, -0.2) is 83.4 Å². The van der Waals surface area contributed by atoms with Gasteiger partial charge in [-0.25, -0.2) is 4.39 Å². The molecule has 3 amide bonds. The van der Waals surface area contributed by atoms with Gasteiger partial charge in [-0.2, -0.15) is 0 Å². The molecule has 1 unspecified atom stereocenters. The molecule has 184 valence electrons. The Hall–Kier alpha value is -3.26. The van der Waals surface area contributed by atoms with Gasteiger partial charge in [0.05, 0.1) is 24.7 Å². The van der Waals surface area contributed by atoms with E-state index in [1.807, 2.05) is 36.9 Å². The van der Waals surface area contributed by atoms with Crippen LogP contribution in [0.1, 0.15) is 51.6 Å². The van der Waals surface area contributed by atoms with Gasteiger partial charge in [-0.1, -0.05) is 18.2 Å². The minimum Gasteiger partial charge on any atom is -0.378 e. The summed E-state index contributed by atoms with van der Waals surface area (Å²) >= 11 is 0. The fraction of sp³-hybridized carbons (Fsp3) is 0.444. The molecule has 2 aromatic carbocycles. The van der Waals surface area contributed by atoms with E-state index in [0.29, 0.717) is 43.0 Å². The molecule has 1 spiro atoms. The molecule has 3 heterocycles. The molecule has 3 aliphatic rings. The van der Waals surface area contributed by atoms with E-state index in [1.54, 1.807) is 22.8 Å². The van der Waals surface area contributed by atoms with Crippen LogP contribution in [0.4, 0.5) is 4.39 Å². The van der Waals surface area contributed by atoms with Crippen molar-refractivity contribution in [2.75, 3.05) is 39.4 Å². The fourth-order valence-electron chi connectivity index (χ4n) is 5.91. The van der Waals surface area contributed by atoms with Gasteiger partial charge >= 0.3 is 0 Å². The van der Waals surface area contributed by atoms with Crippen molar-refractivity contribution in [3.63, 3.8) is 0 Å². The molecule has 8 heteroatoms. The molecule has 2 saturated heterocycles. The number of likely N-dealkylation sites (tertiary alicyclic amines) is 1. The standard InChI is InChI=1S/C27H30FN3O4/c1-17(2)31-25(33)22-7-5-4-6-21(22)23(26(34)29-10-12-35-13-11-29)27(31)15-30(16-27)24(32)20-9-8-19(28)14-18(20)3/h4-9,14,17,23H,10-13,15-16H2,1-3H3. The van der Waals surface area contributed by atoms with Crippen LogP contribution < -0.4 is 0 Å².